The van der Waals surface area contributed by atoms with Crippen LogP contribution >= 0.6 is 0 Å². The Bertz CT molecular complexity index is 855. The lowest BCUT2D eigenvalue weighted by atomic mass is 10.2. The van der Waals surface area contributed by atoms with Gasteiger partial charge in [-0.3, -0.25) is 4.79 Å². The van der Waals surface area contributed by atoms with Crippen molar-refractivity contribution < 1.29 is 13.6 Å². The van der Waals surface area contributed by atoms with Crippen LogP contribution in [-0.2, 0) is 11.2 Å². The maximum absolute atomic E-state index is 13.0. The molecule has 4 rings (SSSR count). The van der Waals surface area contributed by atoms with Gasteiger partial charge in [0.05, 0.1) is 17.6 Å². The van der Waals surface area contributed by atoms with Crippen molar-refractivity contribution in [3.8, 4) is 5.69 Å². The van der Waals surface area contributed by atoms with Crippen molar-refractivity contribution in [3.63, 3.8) is 0 Å². The quantitative estimate of drug-likeness (QED) is 0.751. The number of furan rings is 1. The van der Waals surface area contributed by atoms with E-state index in [4.69, 9.17) is 4.42 Å². The monoisotopic (exact) mass is 339 g/mol. The first kappa shape index (κ1) is 15.6. The first-order valence-corrected chi connectivity index (χ1v) is 8.32. The van der Waals surface area contributed by atoms with E-state index in [0.29, 0.717) is 13.0 Å². The first-order valence-electron chi connectivity index (χ1n) is 8.32. The molecule has 5 nitrogen and oxygen atoms in total. The zero-order chi connectivity index (χ0) is 17.2. The summed E-state index contributed by atoms with van der Waals surface area (Å²) in [5, 5.41) is 7.41. The summed E-state index contributed by atoms with van der Waals surface area (Å²) in [6, 6.07) is 11.8. The van der Waals surface area contributed by atoms with Crippen LogP contribution in [0.5, 0.6) is 0 Å². The predicted octanol–water partition coefficient (Wildman–Crippen LogP) is 3.07. The Hall–Kier alpha value is -2.89. The Labute approximate surface area is 144 Å². The molecular weight excluding hydrogens is 321 g/mol. The molecule has 1 aliphatic rings. The highest BCUT2D eigenvalue weighted by molar-refractivity contribution is 5.82. The van der Waals surface area contributed by atoms with Crippen LogP contribution in [0.15, 0.2) is 59.3 Å². The topological polar surface area (TPSA) is 60.1 Å². The number of nitrogens with one attached hydrogen (secondary N) is 1. The molecule has 1 aliphatic carbocycles. The molecule has 0 spiro atoms. The molecule has 1 aromatic carbocycles. The van der Waals surface area contributed by atoms with Crippen molar-refractivity contribution in [2.45, 2.75) is 18.8 Å². The van der Waals surface area contributed by atoms with E-state index in [1.807, 2.05) is 24.4 Å². The van der Waals surface area contributed by atoms with Gasteiger partial charge in [0.25, 0.3) is 0 Å². The smallest absolute Gasteiger partial charge is 0.223 e. The Morgan fingerprint density at radius 3 is 2.88 bits per heavy atom. The van der Waals surface area contributed by atoms with Gasteiger partial charge in [-0.2, -0.15) is 5.10 Å². The molecule has 3 aromatic rings. The highest BCUT2D eigenvalue weighted by atomic mass is 19.1. The zero-order valence-corrected chi connectivity index (χ0v) is 13.6. The van der Waals surface area contributed by atoms with Gasteiger partial charge in [0.2, 0.25) is 5.91 Å². The molecule has 0 radical (unpaired) electrons. The highest BCUT2D eigenvalue weighted by Gasteiger charge is 2.45. The molecule has 0 saturated heterocycles. The number of amides is 1. The van der Waals surface area contributed by atoms with Crippen LogP contribution in [0.4, 0.5) is 4.39 Å². The average Bonchev–Trinajstić information content (AvgIpc) is 3.02. The molecule has 0 aliphatic heterocycles. The lowest BCUT2D eigenvalue weighted by Gasteiger charge is -2.03. The van der Waals surface area contributed by atoms with Gasteiger partial charge in [-0.05, 0) is 48.9 Å². The summed E-state index contributed by atoms with van der Waals surface area (Å²) in [4.78, 5) is 12.1. The largest absolute Gasteiger partial charge is 0.469 e. The van der Waals surface area contributed by atoms with Crippen molar-refractivity contribution in [1.82, 2.24) is 15.1 Å². The third-order valence-corrected chi connectivity index (χ3v) is 4.45. The van der Waals surface area contributed by atoms with E-state index in [0.717, 1.165) is 23.6 Å². The number of carbonyl (C=O) groups is 1. The number of nitrogens with zero attached hydrogens (tertiary/aromatic N) is 2. The molecular formula is C19H18FN3O2. The van der Waals surface area contributed by atoms with Gasteiger partial charge in [-0.25, -0.2) is 9.07 Å². The van der Waals surface area contributed by atoms with Crippen molar-refractivity contribution in [2.75, 3.05) is 6.54 Å². The number of halogens is 1. The second-order valence-corrected chi connectivity index (χ2v) is 6.23. The van der Waals surface area contributed by atoms with Crippen molar-refractivity contribution in [2.24, 2.45) is 5.92 Å². The second kappa shape index (κ2) is 6.55. The molecule has 1 N–H and O–H groups in total. The fraction of sp³-hybridized carbons (Fsp3) is 0.263. The van der Waals surface area contributed by atoms with Gasteiger partial charge in [0.15, 0.2) is 0 Å². The van der Waals surface area contributed by atoms with Crippen LogP contribution in [0.25, 0.3) is 5.69 Å². The number of hydrogen-bond donors (Lipinski definition) is 1. The number of carbonyl (C=O) groups excluding carboxylic acids is 1. The Kier molecular flexibility index (Phi) is 4.09. The Morgan fingerprint density at radius 2 is 2.12 bits per heavy atom. The average molecular weight is 339 g/mol. The third kappa shape index (κ3) is 3.47. The molecule has 2 aromatic heterocycles. The van der Waals surface area contributed by atoms with E-state index < -0.39 is 0 Å². The summed E-state index contributed by atoms with van der Waals surface area (Å²) in [5.41, 5.74) is 1.68. The summed E-state index contributed by atoms with van der Waals surface area (Å²) in [6.45, 7) is 0.542. The lowest BCUT2D eigenvalue weighted by molar-refractivity contribution is -0.122. The van der Waals surface area contributed by atoms with Crippen LogP contribution in [0.1, 0.15) is 23.8 Å². The van der Waals surface area contributed by atoms with E-state index in [2.05, 4.69) is 10.4 Å². The van der Waals surface area contributed by atoms with Crippen LogP contribution in [0.2, 0.25) is 0 Å². The first-order chi connectivity index (χ1) is 12.2. The van der Waals surface area contributed by atoms with Gasteiger partial charge in [0, 0.05) is 31.0 Å². The number of hydrogen-bond acceptors (Lipinski definition) is 3. The molecule has 1 saturated carbocycles. The molecule has 25 heavy (non-hydrogen) atoms. The van der Waals surface area contributed by atoms with E-state index in [-0.39, 0.29) is 23.6 Å². The summed E-state index contributed by atoms with van der Waals surface area (Å²) in [5.74, 6) is 0.917. The minimum absolute atomic E-state index is 0.0166. The SMILES string of the molecule is O=C(NCCc1ccn(-c2ccc(F)cc2)n1)[C@@H]1C[C@@H]1c1ccco1. The normalized spacial score (nSPS) is 18.9. The summed E-state index contributed by atoms with van der Waals surface area (Å²) < 4.78 is 20.0. The van der Waals surface area contributed by atoms with Gasteiger partial charge in [0.1, 0.15) is 11.6 Å². The van der Waals surface area contributed by atoms with Gasteiger partial charge in [-0.15, -0.1) is 0 Å². The Balaban J connectivity index is 1.27. The fourth-order valence-corrected chi connectivity index (χ4v) is 2.98. The van der Waals surface area contributed by atoms with Crippen molar-refractivity contribution in [1.29, 1.82) is 0 Å². The number of rotatable bonds is 6. The maximum Gasteiger partial charge on any atom is 0.223 e. The highest BCUT2D eigenvalue weighted by Crippen LogP contribution is 2.47. The molecule has 6 heteroatoms. The van der Waals surface area contributed by atoms with E-state index >= 15 is 0 Å². The lowest BCUT2D eigenvalue weighted by Crippen LogP contribution is -2.27. The summed E-state index contributed by atoms with van der Waals surface area (Å²) in [6.07, 6.45) is 4.97. The van der Waals surface area contributed by atoms with Gasteiger partial charge < -0.3 is 9.73 Å². The van der Waals surface area contributed by atoms with Crippen LogP contribution in [-0.4, -0.2) is 22.2 Å². The Morgan fingerprint density at radius 1 is 1.28 bits per heavy atom. The van der Waals surface area contributed by atoms with Crippen LogP contribution < -0.4 is 5.32 Å². The molecule has 128 valence electrons. The number of benzene rings is 1. The fourth-order valence-electron chi connectivity index (χ4n) is 2.98. The van der Waals surface area contributed by atoms with Crippen LogP contribution in [0, 0.1) is 11.7 Å². The molecule has 1 amide bonds. The zero-order valence-electron chi connectivity index (χ0n) is 13.6. The maximum atomic E-state index is 13.0. The molecule has 0 bridgehead atoms. The molecule has 1 fully saturated rings. The van der Waals surface area contributed by atoms with Gasteiger partial charge >= 0.3 is 0 Å². The van der Waals surface area contributed by atoms with E-state index in [9.17, 15) is 9.18 Å². The van der Waals surface area contributed by atoms with Crippen molar-refractivity contribution >= 4 is 5.91 Å². The summed E-state index contributed by atoms with van der Waals surface area (Å²) >= 11 is 0. The minimum atomic E-state index is -0.272. The number of aromatic nitrogens is 2. The van der Waals surface area contributed by atoms with Crippen LogP contribution in [0.3, 0.4) is 0 Å². The standard InChI is InChI=1S/C19H18FN3O2/c20-13-3-5-15(6-4-13)23-10-8-14(22-23)7-9-21-19(24)17-12-16(17)18-2-1-11-25-18/h1-6,8,10-11,16-17H,7,9,12H2,(H,21,24)/t16-,17+/m0/s1. The second-order valence-electron chi connectivity index (χ2n) is 6.23. The van der Waals surface area contributed by atoms with Gasteiger partial charge in [-0.1, -0.05) is 0 Å². The molecule has 2 atom stereocenters. The molecule has 2 heterocycles. The summed E-state index contributed by atoms with van der Waals surface area (Å²) in [7, 11) is 0. The molecule has 0 unspecified atom stereocenters. The van der Waals surface area contributed by atoms with Crippen molar-refractivity contribution in [3.05, 3.63) is 72.2 Å². The van der Waals surface area contributed by atoms with E-state index in [1.165, 1.54) is 12.1 Å². The third-order valence-electron chi connectivity index (χ3n) is 4.45. The predicted molar refractivity (Wildman–Crippen MR) is 89.8 cm³/mol. The van der Waals surface area contributed by atoms with E-state index in [1.54, 1.807) is 23.1 Å². The minimum Gasteiger partial charge on any atom is -0.469 e.